The smallest absolute Gasteiger partial charge is 0.254 e. The molecule has 0 aliphatic heterocycles. The number of ether oxygens (including phenoxy) is 1. The normalized spacial score (nSPS) is 10.1. The van der Waals surface area contributed by atoms with E-state index in [9.17, 15) is 18.4 Å². The molecule has 0 aromatic heterocycles. The molecule has 1 aromatic rings. The fourth-order valence-corrected chi connectivity index (χ4v) is 1.28. The third-order valence-electron chi connectivity index (χ3n) is 2.21. The van der Waals surface area contributed by atoms with Crippen LogP contribution in [-0.2, 0) is 9.53 Å². The monoisotopic (exact) mass is 272 g/mol. The minimum atomic E-state index is -0.975. The zero-order chi connectivity index (χ0) is 14.3. The molecule has 0 aliphatic carbocycles. The van der Waals surface area contributed by atoms with Crippen molar-refractivity contribution in [3.05, 3.63) is 35.4 Å². The molecule has 0 spiro atoms. The predicted molar refractivity (Wildman–Crippen MR) is 63.6 cm³/mol. The number of benzene rings is 1. The van der Waals surface area contributed by atoms with Crippen LogP contribution in [0.25, 0.3) is 0 Å². The Morgan fingerprint density at radius 3 is 2.63 bits per heavy atom. The average Bonchev–Trinajstić information content (AvgIpc) is 2.36. The minimum Gasteiger partial charge on any atom is -0.383 e. The van der Waals surface area contributed by atoms with Crippen LogP contribution in [0.1, 0.15) is 10.4 Å². The van der Waals surface area contributed by atoms with E-state index in [2.05, 4.69) is 10.6 Å². The highest BCUT2D eigenvalue weighted by molar-refractivity contribution is 5.96. The number of carbonyl (C=O) groups is 2. The van der Waals surface area contributed by atoms with Gasteiger partial charge in [0, 0.05) is 19.7 Å². The predicted octanol–water partition coefficient (Wildman–Crippen LogP) is 0.457. The van der Waals surface area contributed by atoms with Crippen molar-refractivity contribution >= 4 is 11.8 Å². The summed E-state index contributed by atoms with van der Waals surface area (Å²) in [7, 11) is 1.49. The van der Waals surface area contributed by atoms with E-state index in [1.165, 1.54) is 7.11 Å². The number of hydrogen-bond acceptors (Lipinski definition) is 3. The molecule has 2 amide bonds. The number of rotatable bonds is 6. The molecule has 104 valence electrons. The van der Waals surface area contributed by atoms with Gasteiger partial charge in [0.25, 0.3) is 5.91 Å². The van der Waals surface area contributed by atoms with Crippen LogP contribution >= 0.6 is 0 Å². The van der Waals surface area contributed by atoms with Gasteiger partial charge in [-0.25, -0.2) is 8.78 Å². The van der Waals surface area contributed by atoms with E-state index in [0.717, 1.165) is 12.1 Å². The number of halogens is 2. The molecule has 0 saturated heterocycles. The van der Waals surface area contributed by atoms with E-state index in [1.54, 1.807) is 0 Å². The Morgan fingerprint density at radius 2 is 2.00 bits per heavy atom. The third kappa shape index (κ3) is 5.01. The van der Waals surface area contributed by atoms with Gasteiger partial charge in [-0.1, -0.05) is 0 Å². The highest BCUT2D eigenvalue weighted by Crippen LogP contribution is 2.08. The summed E-state index contributed by atoms with van der Waals surface area (Å²) in [4.78, 5) is 22.8. The molecule has 0 heterocycles. The first-order valence-electron chi connectivity index (χ1n) is 5.53. The summed E-state index contributed by atoms with van der Waals surface area (Å²) in [6, 6.07) is 2.59. The fraction of sp³-hybridized carbons (Fsp3) is 0.333. The van der Waals surface area contributed by atoms with Crippen molar-refractivity contribution in [2.45, 2.75) is 0 Å². The fourth-order valence-electron chi connectivity index (χ4n) is 1.28. The average molecular weight is 272 g/mol. The molecule has 7 heteroatoms. The number of hydrogen-bond donors (Lipinski definition) is 2. The molecular formula is C12H14F2N2O3. The van der Waals surface area contributed by atoms with Crippen LogP contribution in [0, 0.1) is 11.6 Å². The van der Waals surface area contributed by atoms with Gasteiger partial charge < -0.3 is 15.4 Å². The maximum absolute atomic E-state index is 13.3. The Labute approximate surface area is 108 Å². The summed E-state index contributed by atoms with van der Waals surface area (Å²) in [5, 5.41) is 4.71. The van der Waals surface area contributed by atoms with Crippen molar-refractivity contribution in [1.29, 1.82) is 0 Å². The summed E-state index contributed by atoms with van der Waals surface area (Å²) in [6.45, 7) is 0.377. The van der Waals surface area contributed by atoms with Gasteiger partial charge in [-0.2, -0.15) is 0 Å². The van der Waals surface area contributed by atoms with Crippen LogP contribution in [0.5, 0.6) is 0 Å². The van der Waals surface area contributed by atoms with Crippen molar-refractivity contribution < 1.29 is 23.1 Å². The van der Waals surface area contributed by atoms with E-state index in [1.807, 2.05) is 0 Å². The van der Waals surface area contributed by atoms with Gasteiger partial charge in [0.1, 0.15) is 11.6 Å². The van der Waals surface area contributed by atoms with E-state index in [4.69, 9.17) is 4.74 Å². The van der Waals surface area contributed by atoms with Gasteiger partial charge in [-0.15, -0.1) is 0 Å². The Kier molecular flexibility index (Phi) is 5.87. The van der Waals surface area contributed by atoms with Crippen molar-refractivity contribution in [2.24, 2.45) is 0 Å². The summed E-state index contributed by atoms with van der Waals surface area (Å²) in [5.41, 5.74) is -0.314. The van der Waals surface area contributed by atoms with Crippen LogP contribution in [-0.4, -0.2) is 38.6 Å². The lowest BCUT2D eigenvalue weighted by Crippen LogP contribution is -2.38. The quantitative estimate of drug-likeness (QED) is 0.739. The molecule has 0 aliphatic rings. The lowest BCUT2D eigenvalue weighted by atomic mass is 10.2. The van der Waals surface area contributed by atoms with E-state index in [0.29, 0.717) is 19.2 Å². The molecule has 0 bridgehead atoms. The molecule has 19 heavy (non-hydrogen) atoms. The van der Waals surface area contributed by atoms with Gasteiger partial charge in [0.05, 0.1) is 18.7 Å². The minimum absolute atomic E-state index is 0.292. The Hall–Kier alpha value is -2.02. The summed E-state index contributed by atoms with van der Waals surface area (Å²) >= 11 is 0. The SMILES string of the molecule is COCCNC(=O)CNC(=O)c1ccc(F)cc1F. The second-order valence-corrected chi connectivity index (χ2v) is 3.65. The van der Waals surface area contributed by atoms with Crippen LogP contribution in [0.15, 0.2) is 18.2 Å². The van der Waals surface area contributed by atoms with Crippen molar-refractivity contribution in [1.82, 2.24) is 10.6 Å². The topological polar surface area (TPSA) is 67.4 Å². The Morgan fingerprint density at radius 1 is 1.26 bits per heavy atom. The van der Waals surface area contributed by atoms with Gasteiger partial charge in [0.2, 0.25) is 5.91 Å². The second-order valence-electron chi connectivity index (χ2n) is 3.65. The molecule has 0 radical (unpaired) electrons. The van der Waals surface area contributed by atoms with Gasteiger partial charge >= 0.3 is 0 Å². The third-order valence-corrected chi connectivity index (χ3v) is 2.21. The molecular weight excluding hydrogens is 258 g/mol. The Bertz CT molecular complexity index is 466. The summed E-state index contributed by atoms with van der Waals surface area (Å²) < 4.78 is 30.6. The number of methoxy groups -OCH3 is 1. The van der Waals surface area contributed by atoms with Crippen LogP contribution < -0.4 is 10.6 Å². The first kappa shape index (κ1) is 15.0. The van der Waals surface area contributed by atoms with E-state index in [-0.39, 0.29) is 12.1 Å². The van der Waals surface area contributed by atoms with Crippen LogP contribution in [0.3, 0.4) is 0 Å². The zero-order valence-electron chi connectivity index (χ0n) is 10.3. The van der Waals surface area contributed by atoms with Crippen molar-refractivity contribution in [3.8, 4) is 0 Å². The van der Waals surface area contributed by atoms with E-state index < -0.39 is 23.4 Å². The molecule has 0 fully saturated rings. The van der Waals surface area contributed by atoms with Crippen molar-refractivity contribution in [3.63, 3.8) is 0 Å². The second kappa shape index (κ2) is 7.42. The summed E-state index contributed by atoms with van der Waals surface area (Å²) in [6.07, 6.45) is 0. The molecule has 1 aromatic carbocycles. The number of carbonyl (C=O) groups excluding carboxylic acids is 2. The molecule has 1 rings (SSSR count). The molecule has 5 nitrogen and oxygen atoms in total. The molecule has 0 unspecified atom stereocenters. The first-order valence-corrected chi connectivity index (χ1v) is 5.53. The molecule has 0 atom stereocenters. The summed E-state index contributed by atoms with van der Waals surface area (Å²) in [5.74, 6) is -2.95. The highest BCUT2D eigenvalue weighted by atomic mass is 19.1. The molecule has 0 saturated carbocycles. The zero-order valence-corrected chi connectivity index (χ0v) is 10.3. The maximum atomic E-state index is 13.3. The van der Waals surface area contributed by atoms with Gasteiger partial charge in [-0.3, -0.25) is 9.59 Å². The maximum Gasteiger partial charge on any atom is 0.254 e. The number of nitrogens with one attached hydrogen (secondary N) is 2. The number of amides is 2. The van der Waals surface area contributed by atoms with Crippen LogP contribution in [0.4, 0.5) is 8.78 Å². The van der Waals surface area contributed by atoms with Gasteiger partial charge in [-0.05, 0) is 12.1 Å². The highest BCUT2D eigenvalue weighted by Gasteiger charge is 2.13. The van der Waals surface area contributed by atoms with Gasteiger partial charge in [0.15, 0.2) is 0 Å². The van der Waals surface area contributed by atoms with E-state index >= 15 is 0 Å². The lowest BCUT2D eigenvalue weighted by Gasteiger charge is -2.07. The molecule has 2 N–H and O–H groups in total. The standard InChI is InChI=1S/C12H14F2N2O3/c1-19-5-4-15-11(17)7-16-12(18)9-3-2-8(13)6-10(9)14/h2-3,6H,4-5,7H2,1H3,(H,15,17)(H,16,18). The van der Waals surface area contributed by atoms with Crippen LogP contribution in [0.2, 0.25) is 0 Å². The first-order chi connectivity index (χ1) is 9.04. The largest absolute Gasteiger partial charge is 0.383 e. The lowest BCUT2D eigenvalue weighted by molar-refractivity contribution is -0.120. The van der Waals surface area contributed by atoms with Crippen molar-refractivity contribution in [2.75, 3.05) is 26.8 Å². The Balaban J connectivity index is 2.45.